The van der Waals surface area contributed by atoms with E-state index < -0.39 is 63.9 Å². The van der Waals surface area contributed by atoms with Gasteiger partial charge in [-0.25, -0.2) is 8.78 Å². The van der Waals surface area contributed by atoms with E-state index in [1.54, 1.807) is 27.7 Å². The van der Waals surface area contributed by atoms with Gasteiger partial charge in [-0.2, -0.15) is 5.26 Å². The van der Waals surface area contributed by atoms with Crippen molar-refractivity contribution < 1.29 is 33.0 Å². The molecular formula is C25H29F2NO5S. The Morgan fingerprint density at radius 3 is 2.68 bits per heavy atom. The van der Waals surface area contributed by atoms with E-state index in [4.69, 9.17) is 14.7 Å². The third-order valence-corrected chi connectivity index (χ3v) is 10.0. The summed E-state index contributed by atoms with van der Waals surface area (Å²) in [4.78, 5) is 25.6. The maximum absolute atomic E-state index is 17.3. The first-order valence-electron chi connectivity index (χ1n) is 11.7. The summed E-state index contributed by atoms with van der Waals surface area (Å²) in [6.45, 7) is 6.75. The van der Waals surface area contributed by atoms with Gasteiger partial charge < -0.3 is 14.6 Å². The number of carbonyl (C=O) groups is 2. The molecule has 4 aliphatic carbocycles. The average Bonchev–Trinajstić information content (AvgIpc) is 3.16. The number of aliphatic hydroxyl groups excluding tert-OH is 1. The zero-order valence-electron chi connectivity index (χ0n) is 19.6. The zero-order valence-corrected chi connectivity index (χ0v) is 20.5. The van der Waals surface area contributed by atoms with Crippen molar-refractivity contribution >= 4 is 22.7 Å². The quantitative estimate of drug-likeness (QED) is 0.628. The third kappa shape index (κ3) is 2.71. The van der Waals surface area contributed by atoms with Crippen LogP contribution in [0.1, 0.15) is 47.0 Å². The Morgan fingerprint density at radius 2 is 2.00 bits per heavy atom. The SMILES string of the molecule is CC1(C)O[C@@H]2C[C@H]3[C@@H]4C[C@H](F)C5=CC(=O)C=C[C@]5(C)[C@@]4(F)[C@@H](O)CC3(C)[C@]2(C(=O)SCC#N)O1. The molecule has 0 bridgehead atoms. The Kier molecular flexibility index (Phi) is 5.12. The predicted octanol–water partition coefficient (Wildman–Crippen LogP) is 3.59. The van der Waals surface area contributed by atoms with Crippen molar-refractivity contribution in [2.24, 2.45) is 22.7 Å². The number of nitrogens with zero attached hydrogens (tertiary/aromatic N) is 1. The van der Waals surface area contributed by atoms with Gasteiger partial charge in [0.2, 0.25) is 5.12 Å². The van der Waals surface area contributed by atoms with E-state index >= 15 is 8.78 Å². The molecule has 4 fully saturated rings. The first kappa shape index (κ1) is 24.1. The molecule has 0 aromatic carbocycles. The summed E-state index contributed by atoms with van der Waals surface area (Å²) in [6, 6.07) is 1.95. The van der Waals surface area contributed by atoms with Gasteiger partial charge in [0.05, 0.1) is 24.0 Å². The van der Waals surface area contributed by atoms with Crippen molar-refractivity contribution in [3.63, 3.8) is 0 Å². The molecule has 3 saturated carbocycles. The molecule has 0 amide bonds. The average molecular weight is 494 g/mol. The Bertz CT molecular complexity index is 1070. The van der Waals surface area contributed by atoms with Gasteiger partial charge in [-0.1, -0.05) is 24.8 Å². The Balaban J connectivity index is 1.64. The van der Waals surface area contributed by atoms with Gasteiger partial charge in [0.1, 0.15) is 6.17 Å². The molecule has 1 N–H and O–H groups in total. The number of allylic oxidation sites excluding steroid dienone is 4. The van der Waals surface area contributed by atoms with E-state index in [1.807, 2.05) is 6.07 Å². The van der Waals surface area contributed by atoms with Crippen molar-refractivity contribution in [1.82, 2.24) is 0 Å². The lowest BCUT2D eigenvalue weighted by atomic mass is 9.44. The summed E-state index contributed by atoms with van der Waals surface area (Å²) in [6.07, 6.45) is -0.0423. The number of aliphatic hydroxyl groups is 1. The second kappa shape index (κ2) is 7.22. The maximum atomic E-state index is 17.3. The maximum Gasteiger partial charge on any atom is 0.225 e. The predicted molar refractivity (Wildman–Crippen MR) is 120 cm³/mol. The zero-order chi connectivity index (χ0) is 24.9. The van der Waals surface area contributed by atoms with Crippen molar-refractivity contribution in [3.8, 4) is 6.07 Å². The smallest absolute Gasteiger partial charge is 0.225 e. The van der Waals surface area contributed by atoms with E-state index in [-0.39, 0.29) is 35.7 Å². The van der Waals surface area contributed by atoms with Gasteiger partial charge in [-0.05, 0) is 63.7 Å². The molecule has 1 saturated heterocycles. The number of nitriles is 1. The van der Waals surface area contributed by atoms with Crippen molar-refractivity contribution in [2.45, 2.75) is 82.4 Å². The van der Waals surface area contributed by atoms with Crippen LogP contribution in [0.4, 0.5) is 8.78 Å². The van der Waals surface area contributed by atoms with Gasteiger partial charge in [0, 0.05) is 16.7 Å². The molecule has 0 aromatic rings. The molecule has 184 valence electrons. The number of hydrogen-bond donors (Lipinski definition) is 1. The lowest BCUT2D eigenvalue weighted by Crippen LogP contribution is -2.70. The summed E-state index contributed by atoms with van der Waals surface area (Å²) in [5.74, 6) is -3.00. The van der Waals surface area contributed by atoms with Crippen LogP contribution >= 0.6 is 11.8 Å². The van der Waals surface area contributed by atoms with Gasteiger partial charge in [0.15, 0.2) is 22.8 Å². The molecule has 0 spiro atoms. The van der Waals surface area contributed by atoms with Crippen LogP contribution < -0.4 is 0 Å². The molecule has 5 rings (SSSR count). The van der Waals surface area contributed by atoms with Crippen LogP contribution in [0.5, 0.6) is 0 Å². The largest absolute Gasteiger partial charge is 0.390 e. The molecule has 6 nitrogen and oxygen atoms in total. The van der Waals surface area contributed by atoms with Gasteiger partial charge in [0.25, 0.3) is 0 Å². The van der Waals surface area contributed by atoms with E-state index in [2.05, 4.69) is 0 Å². The van der Waals surface area contributed by atoms with Gasteiger partial charge in [-0.15, -0.1) is 0 Å². The Hall–Kier alpha value is -1.60. The highest BCUT2D eigenvalue weighted by atomic mass is 32.2. The number of rotatable bonds is 2. The van der Waals surface area contributed by atoms with Gasteiger partial charge in [-0.3, -0.25) is 9.59 Å². The summed E-state index contributed by atoms with van der Waals surface area (Å²) in [5.41, 5.74) is -6.21. The van der Waals surface area contributed by atoms with Crippen molar-refractivity contribution in [2.75, 3.05) is 5.75 Å². The molecule has 5 aliphatic rings. The van der Waals surface area contributed by atoms with Crippen LogP contribution in [0.15, 0.2) is 23.8 Å². The summed E-state index contributed by atoms with van der Waals surface area (Å²) in [5, 5.41) is 20.1. The Labute approximate surface area is 201 Å². The Morgan fingerprint density at radius 1 is 1.29 bits per heavy atom. The minimum atomic E-state index is -2.24. The normalized spacial score (nSPS) is 50.5. The first-order chi connectivity index (χ1) is 15.8. The number of ketones is 1. The molecule has 0 radical (unpaired) electrons. The number of fused-ring (bicyclic) bond motifs is 7. The molecule has 1 aliphatic heterocycles. The number of halogens is 2. The number of alkyl halides is 2. The van der Waals surface area contributed by atoms with E-state index in [0.29, 0.717) is 0 Å². The fourth-order valence-electron chi connectivity index (χ4n) is 7.86. The molecule has 34 heavy (non-hydrogen) atoms. The summed E-state index contributed by atoms with van der Waals surface area (Å²) < 4.78 is 45.3. The van der Waals surface area contributed by atoms with Crippen LogP contribution in [-0.4, -0.2) is 57.2 Å². The summed E-state index contributed by atoms with van der Waals surface area (Å²) in [7, 11) is 0. The second-order valence-corrected chi connectivity index (χ2v) is 12.1. The van der Waals surface area contributed by atoms with E-state index in [0.717, 1.165) is 17.8 Å². The monoisotopic (exact) mass is 493 g/mol. The molecule has 9 atom stereocenters. The number of hydrogen-bond acceptors (Lipinski definition) is 7. The summed E-state index contributed by atoms with van der Waals surface area (Å²) >= 11 is 0.832. The van der Waals surface area contributed by atoms with Crippen LogP contribution in [-0.2, 0) is 19.1 Å². The second-order valence-electron chi connectivity index (χ2n) is 11.2. The molecule has 1 unspecified atom stereocenters. The van der Waals surface area contributed by atoms with Crippen molar-refractivity contribution in [3.05, 3.63) is 23.8 Å². The molecule has 9 heteroatoms. The standard InChI is InChI=1S/C25H29F2NO5S/c1-21(2)32-19-11-14-15-10-17(26)16-9-13(29)5-6-22(16,3)24(15,27)18(30)12-23(14,4)25(19,33-21)20(31)34-8-7-28/h5-6,9,14-15,17-19,30H,8,10-12H2,1-4H3/t14-,15-,17-,18-,19+,22-,23?,24-,25-/m0/s1. The van der Waals surface area contributed by atoms with E-state index in [9.17, 15) is 14.7 Å². The number of carbonyl (C=O) groups excluding carboxylic acids is 2. The highest BCUT2D eigenvalue weighted by molar-refractivity contribution is 8.14. The van der Waals surface area contributed by atoms with Crippen LogP contribution in [0.25, 0.3) is 0 Å². The number of ether oxygens (including phenoxy) is 2. The minimum absolute atomic E-state index is 0.0589. The van der Waals surface area contributed by atoms with Crippen molar-refractivity contribution in [1.29, 1.82) is 5.26 Å². The molecule has 0 aromatic heterocycles. The van der Waals surface area contributed by atoms with Crippen LogP contribution in [0.2, 0.25) is 0 Å². The highest BCUT2D eigenvalue weighted by Gasteiger charge is 2.80. The highest BCUT2D eigenvalue weighted by Crippen LogP contribution is 2.72. The topological polar surface area (TPSA) is 96.6 Å². The van der Waals surface area contributed by atoms with E-state index in [1.165, 1.54) is 12.2 Å². The first-order valence-corrected chi connectivity index (χ1v) is 12.6. The molecular weight excluding hydrogens is 464 g/mol. The fourth-order valence-corrected chi connectivity index (χ4v) is 8.67. The number of thioether (sulfide) groups is 1. The lowest BCUT2D eigenvalue weighted by molar-refractivity contribution is -0.246. The van der Waals surface area contributed by atoms with Gasteiger partial charge >= 0.3 is 0 Å². The fraction of sp³-hybridized carbons (Fsp3) is 0.720. The minimum Gasteiger partial charge on any atom is -0.390 e. The van der Waals surface area contributed by atoms with Crippen LogP contribution in [0.3, 0.4) is 0 Å². The molecule has 1 heterocycles. The third-order valence-electron chi connectivity index (χ3n) is 9.19. The lowest BCUT2D eigenvalue weighted by Gasteiger charge is -2.63. The van der Waals surface area contributed by atoms with Crippen LogP contribution in [0, 0.1) is 34.0 Å².